The summed E-state index contributed by atoms with van der Waals surface area (Å²) >= 11 is 0. The molecule has 0 aromatic carbocycles. The van der Waals surface area contributed by atoms with Crippen LogP contribution in [0.15, 0.2) is 0 Å². The molecule has 0 spiro atoms. The van der Waals surface area contributed by atoms with Gasteiger partial charge in [0.15, 0.2) is 0 Å². The molecule has 2 aliphatic rings. The number of Topliss-reactive ketones (excluding diaryl/α,β-unsaturated/α-hetero) is 1. The number of carbonyl (C=O) groups excluding carboxylic acids is 1. The Labute approximate surface area is 87.3 Å². The van der Waals surface area contributed by atoms with E-state index in [1.807, 2.05) is 0 Å². The fraction of sp³-hybridized carbons (Fsp3) is 0.923. The van der Waals surface area contributed by atoms with Crippen LogP contribution in [0.1, 0.15) is 52.9 Å². The fourth-order valence-corrected chi connectivity index (χ4v) is 4.23. The molecule has 2 fully saturated rings. The molecule has 0 aromatic rings. The smallest absolute Gasteiger partial charge is 0.130 e. The van der Waals surface area contributed by atoms with Crippen LogP contribution in [0, 0.1) is 23.2 Å². The van der Waals surface area contributed by atoms with E-state index in [-0.39, 0.29) is 0 Å². The maximum absolute atomic E-state index is 11.3. The Morgan fingerprint density at radius 3 is 2.64 bits per heavy atom. The van der Waals surface area contributed by atoms with Crippen molar-refractivity contribution in [3.63, 3.8) is 0 Å². The largest absolute Gasteiger partial charge is 0.300 e. The van der Waals surface area contributed by atoms with Crippen molar-refractivity contribution in [2.45, 2.75) is 52.9 Å². The van der Waals surface area contributed by atoms with Crippen LogP contribution >= 0.6 is 0 Å². The second-order valence-electron chi connectivity index (χ2n) is 5.99. The van der Waals surface area contributed by atoms with Crippen molar-refractivity contribution in [1.29, 1.82) is 0 Å². The number of rotatable bonds is 2. The quantitative estimate of drug-likeness (QED) is 0.658. The molecule has 4 unspecified atom stereocenters. The second-order valence-corrected chi connectivity index (χ2v) is 5.99. The maximum atomic E-state index is 11.3. The summed E-state index contributed by atoms with van der Waals surface area (Å²) in [5, 5.41) is 0. The first-order valence-electron chi connectivity index (χ1n) is 6.01. The van der Waals surface area contributed by atoms with E-state index in [0.29, 0.717) is 11.2 Å². The molecule has 4 atom stereocenters. The zero-order valence-corrected chi connectivity index (χ0v) is 9.68. The second kappa shape index (κ2) is 3.36. The number of hydrogen-bond donors (Lipinski definition) is 0. The molecule has 14 heavy (non-hydrogen) atoms. The Morgan fingerprint density at radius 2 is 2.00 bits per heavy atom. The Kier molecular flexibility index (Phi) is 2.45. The molecule has 2 rings (SSSR count). The lowest BCUT2D eigenvalue weighted by atomic mass is 9.66. The monoisotopic (exact) mass is 194 g/mol. The summed E-state index contributed by atoms with van der Waals surface area (Å²) < 4.78 is 0. The first-order chi connectivity index (χ1) is 6.52. The molecule has 2 aliphatic carbocycles. The van der Waals surface area contributed by atoms with Crippen molar-refractivity contribution in [2.24, 2.45) is 23.2 Å². The Morgan fingerprint density at radius 1 is 1.29 bits per heavy atom. The highest BCUT2D eigenvalue weighted by Crippen LogP contribution is 2.58. The summed E-state index contributed by atoms with van der Waals surface area (Å²) in [6, 6.07) is 0. The van der Waals surface area contributed by atoms with Crippen molar-refractivity contribution >= 4 is 5.78 Å². The molecule has 80 valence electrons. The number of carbonyl (C=O) groups is 1. The average Bonchev–Trinajstić information content (AvgIpc) is 2.20. The highest BCUT2D eigenvalue weighted by Gasteiger charge is 2.49. The summed E-state index contributed by atoms with van der Waals surface area (Å²) in [6.07, 6.45) is 6.25. The van der Waals surface area contributed by atoms with Crippen LogP contribution in [0.25, 0.3) is 0 Å². The Hall–Kier alpha value is -0.330. The van der Waals surface area contributed by atoms with Crippen LogP contribution in [0.3, 0.4) is 0 Å². The SMILES string of the molecule is CC(=O)CC12CC(C)CC(CC1C)C2. The van der Waals surface area contributed by atoms with Gasteiger partial charge in [0.05, 0.1) is 0 Å². The van der Waals surface area contributed by atoms with E-state index in [9.17, 15) is 4.79 Å². The zero-order valence-electron chi connectivity index (χ0n) is 9.68. The molecule has 0 amide bonds. The van der Waals surface area contributed by atoms with Crippen molar-refractivity contribution < 1.29 is 4.79 Å². The molecule has 1 nitrogen and oxygen atoms in total. The van der Waals surface area contributed by atoms with Gasteiger partial charge in [-0.2, -0.15) is 0 Å². The average molecular weight is 194 g/mol. The third-order valence-electron chi connectivity index (χ3n) is 4.52. The lowest BCUT2D eigenvalue weighted by molar-refractivity contribution is -0.120. The molecule has 0 N–H and O–H groups in total. The van der Waals surface area contributed by atoms with Gasteiger partial charge in [0, 0.05) is 6.42 Å². The van der Waals surface area contributed by atoms with Gasteiger partial charge in [0.1, 0.15) is 5.78 Å². The van der Waals surface area contributed by atoms with Gasteiger partial charge in [-0.15, -0.1) is 0 Å². The third kappa shape index (κ3) is 1.62. The van der Waals surface area contributed by atoms with Crippen LogP contribution < -0.4 is 0 Å². The van der Waals surface area contributed by atoms with Gasteiger partial charge in [0.25, 0.3) is 0 Å². The number of hydrogen-bond acceptors (Lipinski definition) is 1. The minimum absolute atomic E-state index is 0.395. The Bertz CT molecular complexity index is 246. The summed E-state index contributed by atoms with van der Waals surface area (Å²) in [5.74, 6) is 2.94. The minimum Gasteiger partial charge on any atom is -0.300 e. The van der Waals surface area contributed by atoms with Crippen molar-refractivity contribution in [2.75, 3.05) is 0 Å². The van der Waals surface area contributed by atoms with Crippen LogP contribution in [-0.4, -0.2) is 5.78 Å². The molecular weight excluding hydrogens is 172 g/mol. The summed E-state index contributed by atoms with van der Waals surface area (Å²) in [7, 11) is 0. The van der Waals surface area contributed by atoms with Gasteiger partial charge in [-0.1, -0.05) is 13.8 Å². The number of fused-ring (bicyclic) bond motifs is 2. The first-order valence-corrected chi connectivity index (χ1v) is 6.01. The summed E-state index contributed by atoms with van der Waals surface area (Å²) in [6.45, 7) is 6.48. The van der Waals surface area contributed by atoms with E-state index in [1.165, 1.54) is 25.7 Å². The van der Waals surface area contributed by atoms with Crippen LogP contribution in [0.5, 0.6) is 0 Å². The van der Waals surface area contributed by atoms with Gasteiger partial charge in [-0.3, -0.25) is 0 Å². The first kappa shape index (κ1) is 10.2. The molecule has 0 aromatic heterocycles. The predicted molar refractivity (Wildman–Crippen MR) is 58.0 cm³/mol. The van der Waals surface area contributed by atoms with Gasteiger partial charge in [-0.25, -0.2) is 0 Å². The van der Waals surface area contributed by atoms with Crippen LogP contribution in [-0.2, 0) is 4.79 Å². The van der Waals surface area contributed by atoms with Crippen molar-refractivity contribution in [3.8, 4) is 0 Å². The van der Waals surface area contributed by atoms with E-state index in [1.54, 1.807) is 6.92 Å². The van der Waals surface area contributed by atoms with Gasteiger partial charge < -0.3 is 4.79 Å². The molecular formula is C13H22O. The molecule has 0 radical (unpaired) electrons. The molecule has 0 heterocycles. The lowest BCUT2D eigenvalue weighted by Crippen LogP contribution is -2.31. The molecule has 0 aliphatic heterocycles. The van der Waals surface area contributed by atoms with Crippen LogP contribution in [0.2, 0.25) is 0 Å². The van der Waals surface area contributed by atoms with E-state index < -0.39 is 0 Å². The Balaban J connectivity index is 2.18. The van der Waals surface area contributed by atoms with Gasteiger partial charge in [-0.05, 0) is 55.8 Å². The summed E-state index contributed by atoms with van der Waals surface area (Å²) in [5.41, 5.74) is 0.397. The lowest BCUT2D eigenvalue weighted by Gasteiger charge is -2.38. The maximum Gasteiger partial charge on any atom is 0.130 e. The fourth-order valence-electron chi connectivity index (χ4n) is 4.23. The third-order valence-corrected chi connectivity index (χ3v) is 4.52. The van der Waals surface area contributed by atoms with Crippen molar-refractivity contribution in [3.05, 3.63) is 0 Å². The topological polar surface area (TPSA) is 17.1 Å². The highest BCUT2D eigenvalue weighted by atomic mass is 16.1. The van der Waals surface area contributed by atoms with Gasteiger partial charge in [0.2, 0.25) is 0 Å². The van der Waals surface area contributed by atoms with E-state index in [2.05, 4.69) is 13.8 Å². The van der Waals surface area contributed by atoms with E-state index in [0.717, 1.165) is 24.2 Å². The highest BCUT2D eigenvalue weighted by molar-refractivity contribution is 5.76. The minimum atomic E-state index is 0.395. The molecule has 1 heteroatoms. The number of ketones is 1. The van der Waals surface area contributed by atoms with Crippen molar-refractivity contribution in [1.82, 2.24) is 0 Å². The van der Waals surface area contributed by atoms with Crippen LogP contribution in [0.4, 0.5) is 0 Å². The molecule has 0 saturated heterocycles. The normalized spacial score (nSPS) is 46.6. The van der Waals surface area contributed by atoms with E-state index in [4.69, 9.17) is 0 Å². The molecule has 2 bridgehead atoms. The standard InChI is InChI=1S/C13H22O/c1-9-4-12-5-10(2)13(6-9,8-12)7-11(3)14/h9-10,12H,4-8H2,1-3H3. The zero-order chi connectivity index (χ0) is 10.3. The summed E-state index contributed by atoms with van der Waals surface area (Å²) in [4.78, 5) is 11.3. The predicted octanol–water partition coefficient (Wildman–Crippen LogP) is 3.43. The molecule has 2 saturated carbocycles. The van der Waals surface area contributed by atoms with Gasteiger partial charge >= 0.3 is 0 Å². The van der Waals surface area contributed by atoms with E-state index >= 15 is 0 Å².